The van der Waals surface area contributed by atoms with Gasteiger partial charge in [-0.25, -0.2) is 14.6 Å². The number of alkyl carbamates (subject to hydrolysis) is 1. The molecule has 0 aliphatic carbocycles. The predicted molar refractivity (Wildman–Crippen MR) is 116 cm³/mol. The van der Waals surface area contributed by atoms with E-state index in [4.69, 9.17) is 9.72 Å². The molecule has 2 fully saturated rings. The molecular formula is C24H23N3O4. The maximum Gasteiger partial charge on any atom is 0.407 e. The third-order valence-electron chi connectivity index (χ3n) is 6.30. The molecule has 2 aromatic carbocycles. The molecular weight excluding hydrogens is 394 g/mol. The summed E-state index contributed by atoms with van der Waals surface area (Å²) < 4.78 is 5.12. The first-order valence-corrected chi connectivity index (χ1v) is 10.4. The number of likely N-dealkylation sites (tertiary alicyclic amines) is 1. The number of nitrogens with one attached hydrogen (secondary N) is 1. The second kappa shape index (κ2) is 7.67. The Kier molecular flexibility index (Phi) is 4.82. The van der Waals surface area contributed by atoms with Crippen LogP contribution in [0, 0.1) is 0 Å². The van der Waals surface area contributed by atoms with E-state index in [1.54, 1.807) is 0 Å². The Hall–Kier alpha value is -3.45. The topological polar surface area (TPSA) is 91.8 Å². The van der Waals surface area contributed by atoms with E-state index in [1.165, 1.54) is 0 Å². The van der Waals surface area contributed by atoms with Gasteiger partial charge >= 0.3 is 12.1 Å². The molecule has 2 aliphatic heterocycles. The molecule has 1 aromatic heterocycles. The number of nitrogens with zero attached hydrogens (tertiary/aromatic N) is 2. The number of carbonyl (C=O) groups is 2. The van der Waals surface area contributed by atoms with Crippen LogP contribution in [0.15, 0.2) is 54.6 Å². The smallest absolute Gasteiger partial charge is 0.407 e. The number of hydrogen-bond acceptors (Lipinski definition) is 5. The third kappa shape index (κ3) is 3.61. The summed E-state index contributed by atoms with van der Waals surface area (Å²) >= 11 is 0. The minimum absolute atomic E-state index is 0.299. The SMILES string of the molecule is O=C1NC2(CCN(Cc3c(-c4ccccc4)nc4ccccc4c3C(=O)O)CC2)CO1. The Morgan fingerprint density at radius 1 is 1.10 bits per heavy atom. The van der Waals surface area contributed by atoms with E-state index in [9.17, 15) is 14.7 Å². The number of pyridine rings is 1. The van der Waals surface area contributed by atoms with Crippen molar-refractivity contribution in [1.82, 2.24) is 15.2 Å². The van der Waals surface area contributed by atoms with Crippen molar-refractivity contribution in [3.8, 4) is 11.3 Å². The van der Waals surface area contributed by atoms with Crippen molar-refractivity contribution < 1.29 is 19.4 Å². The van der Waals surface area contributed by atoms with Crippen LogP contribution in [-0.4, -0.2) is 52.3 Å². The van der Waals surface area contributed by atoms with Crippen LogP contribution in [0.4, 0.5) is 4.79 Å². The number of carbonyl (C=O) groups excluding carboxylic acids is 1. The Labute approximate surface area is 179 Å². The van der Waals surface area contributed by atoms with Crippen LogP contribution < -0.4 is 5.32 Å². The van der Waals surface area contributed by atoms with Crippen LogP contribution >= 0.6 is 0 Å². The minimum Gasteiger partial charge on any atom is -0.478 e. The quantitative estimate of drug-likeness (QED) is 0.673. The molecule has 2 saturated heterocycles. The number of carboxylic acid groups (broad SMARTS) is 1. The van der Waals surface area contributed by atoms with Crippen LogP contribution in [0.1, 0.15) is 28.8 Å². The maximum absolute atomic E-state index is 12.4. The molecule has 158 valence electrons. The van der Waals surface area contributed by atoms with Crippen molar-refractivity contribution in [2.24, 2.45) is 0 Å². The molecule has 3 aromatic rings. The fraction of sp³-hybridized carbons (Fsp3) is 0.292. The molecule has 0 atom stereocenters. The third-order valence-corrected chi connectivity index (χ3v) is 6.30. The molecule has 5 rings (SSSR count). The number of amides is 1. The van der Waals surface area contributed by atoms with Crippen LogP contribution in [0.2, 0.25) is 0 Å². The number of carboxylic acids is 1. The van der Waals surface area contributed by atoms with Crippen molar-refractivity contribution in [2.75, 3.05) is 19.7 Å². The number of hydrogen-bond donors (Lipinski definition) is 2. The molecule has 31 heavy (non-hydrogen) atoms. The molecule has 0 unspecified atom stereocenters. The zero-order valence-electron chi connectivity index (χ0n) is 17.0. The summed E-state index contributed by atoms with van der Waals surface area (Å²) in [4.78, 5) is 31.0. The Morgan fingerprint density at radius 3 is 2.48 bits per heavy atom. The van der Waals surface area contributed by atoms with Gasteiger partial charge in [0.25, 0.3) is 0 Å². The van der Waals surface area contributed by atoms with Gasteiger partial charge in [0.05, 0.1) is 22.3 Å². The maximum atomic E-state index is 12.4. The lowest BCUT2D eigenvalue weighted by atomic mass is 9.88. The second-order valence-corrected chi connectivity index (χ2v) is 8.26. The van der Waals surface area contributed by atoms with Gasteiger partial charge in [0, 0.05) is 36.1 Å². The van der Waals surface area contributed by atoms with E-state index in [2.05, 4.69) is 10.2 Å². The van der Waals surface area contributed by atoms with E-state index >= 15 is 0 Å². The van der Waals surface area contributed by atoms with Gasteiger partial charge in [-0.3, -0.25) is 4.90 Å². The van der Waals surface area contributed by atoms with Crippen molar-refractivity contribution in [3.63, 3.8) is 0 Å². The first-order chi connectivity index (χ1) is 15.0. The van der Waals surface area contributed by atoms with E-state index in [0.29, 0.717) is 35.3 Å². The highest BCUT2D eigenvalue weighted by Crippen LogP contribution is 2.33. The fourth-order valence-corrected chi connectivity index (χ4v) is 4.61. The number of benzene rings is 2. The minimum atomic E-state index is -0.948. The van der Waals surface area contributed by atoms with Crippen molar-refractivity contribution >= 4 is 23.0 Å². The summed E-state index contributed by atoms with van der Waals surface area (Å²) in [5.74, 6) is -0.948. The molecule has 0 bridgehead atoms. The lowest BCUT2D eigenvalue weighted by Gasteiger charge is -2.37. The number of fused-ring (bicyclic) bond motifs is 1. The van der Waals surface area contributed by atoms with Gasteiger partial charge in [-0.05, 0) is 18.9 Å². The lowest BCUT2D eigenvalue weighted by molar-refractivity contribution is 0.0695. The number of ether oxygens (including phenoxy) is 1. The van der Waals surface area contributed by atoms with E-state index < -0.39 is 5.97 Å². The lowest BCUT2D eigenvalue weighted by Crippen LogP contribution is -2.52. The van der Waals surface area contributed by atoms with Gasteiger partial charge in [0.15, 0.2) is 0 Å². The molecule has 0 saturated carbocycles. The van der Waals surface area contributed by atoms with Crippen LogP contribution in [-0.2, 0) is 11.3 Å². The Morgan fingerprint density at radius 2 is 1.81 bits per heavy atom. The van der Waals surface area contributed by atoms with Crippen LogP contribution in [0.3, 0.4) is 0 Å². The fourth-order valence-electron chi connectivity index (χ4n) is 4.61. The molecule has 7 nitrogen and oxygen atoms in total. The highest BCUT2D eigenvalue weighted by molar-refractivity contribution is 6.05. The first kappa shape index (κ1) is 19.5. The van der Waals surface area contributed by atoms with Crippen molar-refractivity contribution in [2.45, 2.75) is 24.9 Å². The van der Waals surface area contributed by atoms with Crippen molar-refractivity contribution in [1.29, 1.82) is 0 Å². The summed E-state index contributed by atoms with van der Waals surface area (Å²) in [6.45, 7) is 2.36. The zero-order chi connectivity index (χ0) is 21.4. The average molecular weight is 417 g/mol. The molecule has 0 radical (unpaired) electrons. The highest BCUT2D eigenvalue weighted by Gasteiger charge is 2.42. The Balaban J connectivity index is 1.55. The van der Waals surface area contributed by atoms with Crippen molar-refractivity contribution in [3.05, 3.63) is 65.7 Å². The molecule has 2 aliphatic rings. The normalized spacial score (nSPS) is 18.1. The highest BCUT2D eigenvalue weighted by atomic mass is 16.6. The van der Waals surface area contributed by atoms with Gasteiger partial charge in [-0.1, -0.05) is 48.5 Å². The molecule has 7 heteroatoms. The number of aromatic carboxylic acids is 1. The van der Waals surface area contributed by atoms with Crippen LogP contribution in [0.5, 0.6) is 0 Å². The number of cyclic esters (lactones) is 1. The monoisotopic (exact) mass is 417 g/mol. The summed E-state index contributed by atoms with van der Waals surface area (Å²) in [5, 5.41) is 13.7. The van der Waals surface area contributed by atoms with Gasteiger partial charge in [0.2, 0.25) is 0 Å². The standard InChI is InChI=1S/C24H23N3O4/c28-22(29)20-17-8-4-5-9-19(17)25-21(16-6-2-1-3-7-16)18(20)14-27-12-10-24(11-13-27)15-31-23(30)26-24/h1-9H,10-15H2,(H,26,30)(H,28,29). The molecule has 1 amide bonds. The largest absolute Gasteiger partial charge is 0.478 e. The van der Waals surface area contributed by atoms with Gasteiger partial charge < -0.3 is 15.2 Å². The van der Waals surface area contributed by atoms with Gasteiger partial charge in [0.1, 0.15) is 6.61 Å². The number of piperidine rings is 1. The summed E-state index contributed by atoms with van der Waals surface area (Å²) in [5.41, 5.74) is 3.01. The molecule has 3 heterocycles. The molecule has 1 spiro atoms. The summed E-state index contributed by atoms with van der Waals surface area (Å²) in [6.07, 6.45) is 1.18. The Bertz CT molecular complexity index is 1150. The predicted octanol–water partition coefficient (Wildman–Crippen LogP) is 3.67. The zero-order valence-corrected chi connectivity index (χ0v) is 17.0. The van der Waals surface area contributed by atoms with Gasteiger partial charge in [-0.2, -0.15) is 0 Å². The summed E-state index contributed by atoms with van der Waals surface area (Å²) in [6, 6.07) is 17.1. The van der Waals surface area contributed by atoms with E-state index in [0.717, 1.165) is 37.1 Å². The number of para-hydroxylation sites is 1. The average Bonchev–Trinajstić information content (AvgIpc) is 3.15. The van der Waals surface area contributed by atoms with E-state index in [1.807, 2.05) is 54.6 Å². The number of aromatic nitrogens is 1. The van der Waals surface area contributed by atoms with E-state index in [-0.39, 0.29) is 11.6 Å². The second-order valence-electron chi connectivity index (χ2n) is 8.26. The van der Waals surface area contributed by atoms with Crippen LogP contribution in [0.25, 0.3) is 22.2 Å². The molecule has 2 N–H and O–H groups in total. The first-order valence-electron chi connectivity index (χ1n) is 10.4. The number of rotatable bonds is 4. The van der Waals surface area contributed by atoms with Gasteiger partial charge in [-0.15, -0.1) is 0 Å². The summed E-state index contributed by atoms with van der Waals surface area (Å²) in [7, 11) is 0.